The number of rotatable bonds is 5. The van der Waals surface area contributed by atoms with Gasteiger partial charge in [0.05, 0.1) is 0 Å². The third kappa shape index (κ3) is 3.78. The van der Waals surface area contributed by atoms with Crippen molar-refractivity contribution in [3.05, 3.63) is 23.8 Å². The van der Waals surface area contributed by atoms with Crippen LogP contribution in [0.1, 0.15) is 5.56 Å². The molecule has 0 aliphatic carbocycles. The highest BCUT2D eigenvalue weighted by Crippen LogP contribution is 2.23. The van der Waals surface area contributed by atoms with Crippen molar-refractivity contribution < 1.29 is 19.7 Å². The Labute approximate surface area is 93.9 Å². The maximum absolute atomic E-state index is 10.3. The first-order valence-electron chi connectivity index (χ1n) is 4.80. The van der Waals surface area contributed by atoms with Crippen LogP contribution in [0.25, 0.3) is 0 Å². The van der Waals surface area contributed by atoms with Crippen LogP contribution in [-0.4, -0.2) is 41.8 Å². The summed E-state index contributed by atoms with van der Waals surface area (Å²) in [6.45, 7) is 0.183. The fourth-order valence-corrected chi connectivity index (χ4v) is 1.26. The molecule has 0 aromatic heterocycles. The summed E-state index contributed by atoms with van der Waals surface area (Å²) in [6.07, 6.45) is 0. The van der Waals surface area contributed by atoms with Crippen LogP contribution in [0.2, 0.25) is 0 Å². The van der Waals surface area contributed by atoms with Crippen LogP contribution in [0.3, 0.4) is 0 Å². The highest BCUT2D eigenvalue weighted by Gasteiger charge is 2.06. The van der Waals surface area contributed by atoms with Gasteiger partial charge in [0.25, 0.3) is 0 Å². The van der Waals surface area contributed by atoms with E-state index in [4.69, 9.17) is 9.84 Å². The maximum Gasteiger partial charge on any atom is 0.341 e. The van der Waals surface area contributed by atoms with Crippen LogP contribution in [0.4, 0.5) is 0 Å². The van der Waals surface area contributed by atoms with Gasteiger partial charge in [-0.2, -0.15) is 0 Å². The zero-order chi connectivity index (χ0) is 12.1. The van der Waals surface area contributed by atoms with E-state index >= 15 is 0 Å². The number of hydrogen-bond donors (Lipinski definition) is 2. The number of hydrogen-bond acceptors (Lipinski definition) is 4. The Hall–Kier alpha value is -1.75. The molecule has 0 aliphatic rings. The van der Waals surface area contributed by atoms with Crippen LogP contribution in [0.5, 0.6) is 11.5 Å². The standard InChI is InChI=1S/C11H15NO4/c1-12(2)6-8-5-9(3-4-10(8)13)16-7-11(14)15/h3-5,13H,6-7H2,1-2H3,(H,14,15). The van der Waals surface area contributed by atoms with Crippen molar-refractivity contribution in [3.8, 4) is 11.5 Å². The summed E-state index contributed by atoms with van der Waals surface area (Å²) in [4.78, 5) is 12.2. The van der Waals surface area contributed by atoms with Crippen molar-refractivity contribution in [2.75, 3.05) is 20.7 Å². The van der Waals surface area contributed by atoms with Gasteiger partial charge in [-0.25, -0.2) is 4.79 Å². The molecule has 0 atom stereocenters. The summed E-state index contributed by atoms with van der Waals surface area (Å²) >= 11 is 0. The van der Waals surface area contributed by atoms with Gasteiger partial charge in [-0.3, -0.25) is 0 Å². The molecule has 0 radical (unpaired) electrons. The molecule has 0 aliphatic heterocycles. The van der Waals surface area contributed by atoms with Crippen molar-refractivity contribution in [1.82, 2.24) is 4.90 Å². The molecule has 0 amide bonds. The second-order valence-corrected chi connectivity index (χ2v) is 3.71. The lowest BCUT2D eigenvalue weighted by molar-refractivity contribution is -0.139. The summed E-state index contributed by atoms with van der Waals surface area (Å²) < 4.78 is 5.02. The summed E-state index contributed by atoms with van der Waals surface area (Å²) in [5, 5.41) is 18.0. The molecule has 1 rings (SSSR count). The number of phenolic OH excluding ortho intramolecular Hbond substituents is 1. The van der Waals surface area contributed by atoms with Gasteiger partial charge in [-0.05, 0) is 32.3 Å². The molecule has 5 heteroatoms. The topological polar surface area (TPSA) is 70.0 Å². The molecule has 2 N–H and O–H groups in total. The van der Waals surface area contributed by atoms with Gasteiger partial charge in [0.2, 0.25) is 0 Å². The number of aliphatic carboxylic acids is 1. The molecule has 0 saturated carbocycles. The van der Waals surface area contributed by atoms with E-state index in [1.165, 1.54) is 12.1 Å². The predicted octanol–water partition coefficient (Wildman–Crippen LogP) is 0.917. The Kier molecular flexibility index (Phi) is 4.13. The van der Waals surface area contributed by atoms with Gasteiger partial charge in [-0.15, -0.1) is 0 Å². The van der Waals surface area contributed by atoms with Crippen LogP contribution >= 0.6 is 0 Å². The molecule has 5 nitrogen and oxygen atoms in total. The summed E-state index contributed by atoms with van der Waals surface area (Å²) in [5.74, 6) is -0.407. The third-order valence-corrected chi connectivity index (χ3v) is 1.90. The molecule has 0 fully saturated rings. The average Bonchev–Trinajstić information content (AvgIpc) is 2.18. The molecule has 1 aromatic rings. The quantitative estimate of drug-likeness (QED) is 0.779. The first-order chi connectivity index (χ1) is 7.49. The zero-order valence-electron chi connectivity index (χ0n) is 9.30. The number of aromatic hydroxyl groups is 1. The van der Waals surface area contributed by atoms with Crippen LogP contribution < -0.4 is 4.74 Å². The SMILES string of the molecule is CN(C)Cc1cc(OCC(=O)O)ccc1O. The first-order valence-corrected chi connectivity index (χ1v) is 4.80. The summed E-state index contributed by atoms with van der Waals surface area (Å²) in [6, 6.07) is 4.67. The van der Waals surface area contributed by atoms with Crippen LogP contribution in [0.15, 0.2) is 18.2 Å². The zero-order valence-corrected chi connectivity index (χ0v) is 9.30. The second-order valence-electron chi connectivity index (χ2n) is 3.71. The predicted molar refractivity (Wildman–Crippen MR) is 58.6 cm³/mol. The Morgan fingerprint density at radius 1 is 1.44 bits per heavy atom. The van der Waals surface area contributed by atoms with Gasteiger partial charge in [0, 0.05) is 12.1 Å². The minimum absolute atomic E-state index is 0.177. The lowest BCUT2D eigenvalue weighted by Crippen LogP contribution is -2.12. The largest absolute Gasteiger partial charge is 0.508 e. The van der Waals surface area contributed by atoms with E-state index in [-0.39, 0.29) is 12.4 Å². The number of benzene rings is 1. The molecule has 1 aromatic carbocycles. The number of phenols is 1. The van der Waals surface area contributed by atoms with Crippen molar-refractivity contribution in [2.45, 2.75) is 6.54 Å². The van der Waals surface area contributed by atoms with E-state index in [0.717, 1.165) is 0 Å². The number of nitrogens with zero attached hydrogens (tertiary/aromatic N) is 1. The minimum atomic E-state index is -1.03. The van der Waals surface area contributed by atoms with Gasteiger partial charge in [-0.1, -0.05) is 0 Å². The third-order valence-electron chi connectivity index (χ3n) is 1.90. The van der Waals surface area contributed by atoms with Crippen molar-refractivity contribution >= 4 is 5.97 Å². The van der Waals surface area contributed by atoms with Gasteiger partial charge in [0.1, 0.15) is 11.5 Å². The lowest BCUT2D eigenvalue weighted by Gasteiger charge is -2.12. The molecule has 88 valence electrons. The Bertz CT molecular complexity index is 376. The van der Waals surface area contributed by atoms with Crippen molar-refractivity contribution in [3.63, 3.8) is 0 Å². The molecule has 0 bridgehead atoms. The van der Waals surface area contributed by atoms with Crippen molar-refractivity contribution in [1.29, 1.82) is 0 Å². The van der Waals surface area contributed by atoms with E-state index in [1.54, 1.807) is 6.07 Å². The van der Waals surface area contributed by atoms with E-state index in [1.807, 2.05) is 19.0 Å². The Balaban J connectivity index is 2.76. The fourth-order valence-electron chi connectivity index (χ4n) is 1.26. The Morgan fingerprint density at radius 3 is 2.69 bits per heavy atom. The maximum atomic E-state index is 10.3. The monoisotopic (exact) mass is 225 g/mol. The van der Waals surface area contributed by atoms with E-state index in [2.05, 4.69) is 0 Å². The molecule has 0 heterocycles. The molecule has 0 spiro atoms. The number of carbonyl (C=O) groups is 1. The smallest absolute Gasteiger partial charge is 0.341 e. The summed E-state index contributed by atoms with van der Waals surface area (Å²) in [7, 11) is 3.76. The molecule has 0 saturated heterocycles. The second kappa shape index (κ2) is 5.37. The fraction of sp³-hybridized carbons (Fsp3) is 0.364. The first kappa shape index (κ1) is 12.3. The molecular weight excluding hydrogens is 210 g/mol. The van der Waals surface area contributed by atoms with E-state index in [0.29, 0.717) is 17.9 Å². The highest BCUT2D eigenvalue weighted by atomic mass is 16.5. The minimum Gasteiger partial charge on any atom is -0.508 e. The normalized spacial score (nSPS) is 10.4. The number of carboxylic acid groups (broad SMARTS) is 1. The van der Waals surface area contributed by atoms with E-state index in [9.17, 15) is 9.90 Å². The van der Waals surface area contributed by atoms with Crippen molar-refractivity contribution in [2.24, 2.45) is 0 Å². The van der Waals surface area contributed by atoms with Gasteiger partial charge < -0.3 is 19.8 Å². The highest BCUT2D eigenvalue weighted by molar-refractivity contribution is 5.68. The lowest BCUT2D eigenvalue weighted by atomic mass is 10.2. The van der Waals surface area contributed by atoms with Crippen LogP contribution in [0, 0.1) is 0 Å². The molecule has 16 heavy (non-hydrogen) atoms. The van der Waals surface area contributed by atoms with Gasteiger partial charge in [0.15, 0.2) is 6.61 Å². The van der Waals surface area contributed by atoms with Crippen LogP contribution in [-0.2, 0) is 11.3 Å². The average molecular weight is 225 g/mol. The number of ether oxygens (including phenoxy) is 1. The summed E-state index contributed by atoms with van der Waals surface area (Å²) in [5.41, 5.74) is 0.702. The van der Waals surface area contributed by atoms with Gasteiger partial charge >= 0.3 is 5.97 Å². The molecular formula is C11H15NO4. The van der Waals surface area contributed by atoms with E-state index < -0.39 is 5.97 Å². The Morgan fingerprint density at radius 2 is 2.12 bits per heavy atom. The number of carboxylic acids is 1. The molecule has 0 unspecified atom stereocenters.